The fourth-order valence-corrected chi connectivity index (χ4v) is 2.35. The predicted octanol–water partition coefficient (Wildman–Crippen LogP) is 1.51. The fraction of sp³-hybridized carbons (Fsp3) is 0.417. The molecule has 1 rings (SSSR count). The van der Waals surface area contributed by atoms with Crippen LogP contribution in [0.25, 0.3) is 0 Å². The van der Waals surface area contributed by atoms with E-state index in [1.807, 2.05) is 0 Å². The molecule has 0 fully saturated rings. The van der Waals surface area contributed by atoms with E-state index in [-0.39, 0.29) is 21.5 Å². The summed E-state index contributed by atoms with van der Waals surface area (Å²) in [6.07, 6.45) is 1.07. The Kier molecular flexibility index (Phi) is 5.34. The number of hydrogen-bond acceptors (Lipinski definition) is 4. The second kappa shape index (κ2) is 6.36. The van der Waals surface area contributed by atoms with Crippen LogP contribution >= 0.6 is 11.6 Å². The van der Waals surface area contributed by atoms with Gasteiger partial charge in [0.15, 0.2) is 9.84 Å². The quantitative estimate of drug-likeness (QED) is 0.895. The molecule has 1 N–H and O–H groups in total. The summed E-state index contributed by atoms with van der Waals surface area (Å²) in [5, 5.41) is 2.88. The van der Waals surface area contributed by atoms with Crippen molar-refractivity contribution in [2.75, 3.05) is 20.0 Å². The molecule has 1 atom stereocenters. The van der Waals surface area contributed by atoms with Crippen LogP contribution in [0.2, 0.25) is 5.02 Å². The summed E-state index contributed by atoms with van der Waals surface area (Å²) in [4.78, 5) is 12.0. The van der Waals surface area contributed by atoms with E-state index < -0.39 is 15.7 Å². The zero-order chi connectivity index (χ0) is 14.6. The van der Waals surface area contributed by atoms with Crippen LogP contribution in [0.15, 0.2) is 23.1 Å². The second-order valence-corrected chi connectivity index (χ2v) is 6.67. The minimum Gasteiger partial charge on any atom is -0.383 e. The Morgan fingerprint density at radius 1 is 1.47 bits per heavy atom. The molecule has 0 heterocycles. The lowest BCUT2D eigenvalue weighted by atomic mass is 10.2. The van der Waals surface area contributed by atoms with Crippen molar-refractivity contribution in [2.24, 2.45) is 0 Å². The number of carbonyl (C=O) groups is 1. The number of methoxy groups -OCH3 is 1. The van der Waals surface area contributed by atoms with E-state index in [4.69, 9.17) is 16.3 Å². The van der Waals surface area contributed by atoms with Gasteiger partial charge in [0, 0.05) is 19.4 Å². The summed E-state index contributed by atoms with van der Waals surface area (Å²) >= 11 is 5.91. The number of nitrogens with one attached hydrogen (secondary N) is 1. The van der Waals surface area contributed by atoms with Crippen LogP contribution < -0.4 is 5.32 Å². The lowest BCUT2D eigenvalue weighted by molar-refractivity contribution is 0.0905. The van der Waals surface area contributed by atoms with E-state index in [1.165, 1.54) is 25.3 Å². The van der Waals surface area contributed by atoms with Gasteiger partial charge in [-0.15, -0.1) is 0 Å². The van der Waals surface area contributed by atoms with Crippen molar-refractivity contribution in [3.05, 3.63) is 28.8 Å². The van der Waals surface area contributed by atoms with Gasteiger partial charge in [-0.1, -0.05) is 11.6 Å². The third-order valence-corrected chi connectivity index (χ3v) is 3.84. The zero-order valence-corrected chi connectivity index (χ0v) is 12.5. The van der Waals surface area contributed by atoms with E-state index in [2.05, 4.69) is 5.32 Å². The molecule has 0 aliphatic rings. The van der Waals surface area contributed by atoms with Crippen molar-refractivity contribution in [3.63, 3.8) is 0 Å². The van der Waals surface area contributed by atoms with Crippen LogP contribution in [0.5, 0.6) is 0 Å². The number of halogens is 1. The van der Waals surface area contributed by atoms with Gasteiger partial charge < -0.3 is 10.1 Å². The van der Waals surface area contributed by atoms with Gasteiger partial charge in [-0.2, -0.15) is 0 Å². The van der Waals surface area contributed by atoms with Crippen molar-refractivity contribution in [1.82, 2.24) is 5.32 Å². The average molecular weight is 306 g/mol. The van der Waals surface area contributed by atoms with Crippen molar-refractivity contribution in [1.29, 1.82) is 0 Å². The monoisotopic (exact) mass is 305 g/mol. The van der Waals surface area contributed by atoms with Crippen LogP contribution in [0, 0.1) is 0 Å². The Hall–Kier alpha value is -1.11. The summed E-state index contributed by atoms with van der Waals surface area (Å²) in [7, 11) is -1.85. The normalized spacial score (nSPS) is 13.1. The van der Waals surface area contributed by atoms with E-state index >= 15 is 0 Å². The molecule has 0 aliphatic heterocycles. The van der Waals surface area contributed by atoms with E-state index in [0.29, 0.717) is 6.61 Å². The summed E-state index contributed by atoms with van der Waals surface area (Å²) in [5.74, 6) is -0.431. The topological polar surface area (TPSA) is 72.5 Å². The summed E-state index contributed by atoms with van der Waals surface area (Å²) in [5.41, 5.74) is 0.132. The van der Waals surface area contributed by atoms with Crippen LogP contribution in [-0.2, 0) is 14.6 Å². The van der Waals surface area contributed by atoms with E-state index in [0.717, 1.165) is 6.26 Å². The first kappa shape index (κ1) is 15.9. The molecule has 0 unspecified atom stereocenters. The average Bonchev–Trinajstić information content (AvgIpc) is 2.27. The molecule has 1 aromatic carbocycles. The molecule has 106 valence electrons. The highest BCUT2D eigenvalue weighted by atomic mass is 35.5. The molecule has 5 nitrogen and oxygen atoms in total. The SMILES string of the molecule is COC[C@@H](C)NC(=O)c1cc(S(C)(=O)=O)ccc1Cl. The molecule has 1 aromatic rings. The molecule has 0 aromatic heterocycles. The van der Waals surface area contributed by atoms with Gasteiger partial charge in [0.2, 0.25) is 0 Å². The molecule has 7 heteroatoms. The van der Waals surface area contributed by atoms with Crippen molar-refractivity contribution in [2.45, 2.75) is 17.9 Å². The van der Waals surface area contributed by atoms with Gasteiger partial charge in [0.1, 0.15) is 0 Å². The highest BCUT2D eigenvalue weighted by Gasteiger charge is 2.16. The fourth-order valence-electron chi connectivity index (χ4n) is 1.50. The Bertz CT molecular complexity index is 571. The van der Waals surface area contributed by atoms with Crippen molar-refractivity contribution < 1.29 is 17.9 Å². The number of benzene rings is 1. The largest absolute Gasteiger partial charge is 0.383 e. The van der Waals surface area contributed by atoms with Crippen LogP contribution in [0.4, 0.5) is 0 Å². The maximum Gasteiger partial charge on any atom is 0.253 e. The lowest BCUT2D eigenvalue weighted by Crippen LogP contribution is -2.35. The Morgan fingerprint density at radius 3 is 2.63 bits per heavy atom. The molecular formula is C12H16ClNO4S. The molecule has 0 spiro atoms. The molecule has 0 saturated carbocycles. The summed E-state index contributed by atoms with van der Waals surface area (Å²) in [6.45, 7) is 2.13. The minimum absolute atomic E-state index is 0.0569. The molecule has 0 aliphatic carbocycles. The van der Waals surface area contributed by atoms with Crippen molar-refractivity contribution in [3.8, 4) is 0 Å². The van der Waals surface area contributed by atoms with Gasteiger partial charge in [0.05, 0.1) is 22.1 Å². The smallest absolute Gasteiger partial charge is 0.253 e. The van der Waals surface area contributed by atoms with E-state index in [9.17, 15) is 13.2 Å². The maximum absolute atomic E-state index is 12.0. The number of rotatable bonds is 5. The Morgan fingerprint density at radius 2 is 2.11 bits per heavy atom. The van der Waals surface area contributed by atoms with Gasteiger partial charge in [-0.05, 0) is 25.1 Å². The van der Waals surface area contributed by atoms with Crippen LogP contribution in [0.1, 0.15) is 17.3 Å². The van der Waals surface area contributed by atoms with Gasteiger partial charge >= 0.3 is 0 Å². The third-order valence-electron chi connectivity index (χ3n) is 2.40. The van der Waals surface area contributed by atoms with Crippen LogP contribution in [-0.4, -0.2) is 40.3 Å². The minimum atomic E-state index is -3.38. The molecule has 19 heavy (non-hydrogen) atoms. The Balaban J connectivity index is 3.03. The van der Waals surface area contributed by atoms with Crippen molar-refractivity contribution >= 4 is 27.3 Å². The molecular weight excluding hydrogens is 290 g/mol. The highest BCUT2D eigenvalue weighted by Crippen LogP contribution is 2.20. The number of amides is 1. The zero-order valence-electron chi connectivity index (χ0n) is 10.9. The predicted molar refractivity (Wildman–Crippen MR) is 73.4 cm³/mol. The summed E-state index contributed by atoms with van der Waals surface area (Å²) < 4.78 is 27.8. The standard InChI is InChI=1S/C12H16ClNO4S/c1-8(7-18-2)14-12(15)10-6-9(19(3,16)17)4-5-11(10)13/h4-6,8H,7H2,1-3H3,(H,14,15)/t8-/m1/s1. The Labute approximate surface area is 117 Å². The highest BCUT2D eigenvalue weighted by molar-refractivity contribution is 7.90. The number of ether oxygens (including phenoxy) is 1. The first-order chi connectivity index (χ1) is 8.75. The van der Waals surface area contributed by atoms with E-state index in [1.54, 1.807) is 6.92 Å². The summed E-state index contributed by atoms with van der Waals surface area (Å²) in [6, 6.07) is 3.84. The molecule has 0 saturated heterocycles. The number of hydrogen-bond donors (Lipinski definition) is 1. The number of sulfone groups is 1. The second-order valence-electron chi connectivity index (χ2n) is 4.24. The molecule has 0 bridgehead atoms. The molecule has 0 radical (unpaired) electrons. The molecule has 1 amide bonds. The van der Waals surface area contributed by atoms with Gasteiger partial charge in [-0.3, -0.25) is 4.79 Å². The first-order valence-corrected chi connectivity index (χ1v) is 7.82. The van der Waals surface area contributed by atoms with Gasteiger partial charge in [-0.25, -0.2) is 8.42 Å². The first-order valence-electron chi connectivity index (χ1n) is 5.55. The number of carbonyl (C=O) groups excluding carboxylic acids is 1. The maximum atomic E-state index is 12.0. The van der Waals surface area contributed by atoms with Crippen LogP contribution in [0.3, 0.4) is 0 Å². The van der Waals surface area contributed by atoms with Gasteiger partial charge in [0.25, 0.3) is 5.91 Å². The third kappa shape index (κ3) is 4.49. The lowest BCUT2D eigenvalue weighted by Gasteiger charge is -2.13.